The average Bonchev–Trinajstić information content (AvgIpc) is 3.16. The summed E-state index contributed by atoms with van der Waals surface area (Å²) in [7, 11) is 0. The monoisotopic (exact) mass is 271 g/mol. The Balaban J connectivity index is 1.58. The van der Waals surface area contributed by atoms with Crippen LogP contribution in [0.5, 0.6) is 5.75 Å². The Morgan fingerprint density at radius 1 is 1.30 bits per heavy atom. The van der Waals surface area contributed by atoms with Crippen molar-refractivity contribution in [3.05, 3.63) is 42.0 Å². The zero-order valence-corrected chi connectivity index (χ0v) is 11.2. The fourth-order valence-electron chi connectivity index (χ4n) is 2.53. The molecule has 0 N–H and O–H groups in total. The molecule has 1 aliphatic carbocycles. The normalized spacial score (nSPS) is 15.4. The molecule has 0 unspecified atom stereocenters. The zero-order valence-electron chi connectivity index (χ0n) is 11.2. The molecule has 2 aromatic heterocycles. The Bertz CT molecular complexity index is 571. The molecule has 5 heteroatoms. The molecule has 1 fully saturated rings. The molecule has 20 heavy (non-hydrogen) atoms. The van der Waals surface area contributed by atoms with E-state index in [1.165, 1.54) is 25.7 Å². The first-order valence-corrected chi connectivity index (χ1v) is 6.93. The predicted molar refractivity (Wildman–Crippen MR) is 73.7 cm³/mol. The van der Waals surface area contributed by atoms with E-state index in [2.05, 4.69) is 14.8 Å². The lowest BCUT2D eigenvalue weighted by molar-refractivity contribution is 0.111. The number of nitrogens with zero attached hydrogens (tertiary/aromatic N) is 3. The quantitative estimate of drug-likeness (QED) is 0.785. The van der Waals surface area contributed by atoms with Gasteiger partial charge in [-0.1, -0.05) is 12.8 Å². The molecular formula is C15H17N3O2. The number of hydrogen-bond acceptors (Lipinski definition) is 4. The minimum absolute atomic E-state index is 0.405. The Labute approximate surface area is 117 Å². The van der Waals surface area contributed by atoms with Gasteiger partial charge < -0.3 is 4.74 Å². The Morgan fingerprint density at radius 3 is 2.85 bits per heavy atom. The van der Waals surface area contributed by atoms with Crippen LogP contribution >= 0.6 is 0 Å². The van der Waals surface area contributed by atoms with Crippen molar-refractivity contribution in [3.63, 3.8) is 0 Å². The van der Waals surface area contributed by atoms with Gasteiger partial charge in [0.1, 0.15) is 18.1 Å². The fourth-order valence-corrected chi connectivity index (χ4v) is 2.53. The third-order valence-corrected chi connectivity index (χ3v) is 3.63. The van der Waals surface area contributed by atoms with Gasteiger partial charge in [-0.05, 0) is 31.0 Å². The van der Waals surface area contributed by atoms with Crippen LogP contribution in [0, 0.1) is 0 Å². The molecule has 1 aliphatic rings. The van der Waals surface area contributed by atoms with E-state index in [1.807, 2.05) is 12.3 Å². The van der Waals surface area contributed by atoms with Gasteiger partial charge in [0, 0.05) is 6.20 Å². The molecule has 104 valence electrons. The van der Waals surface area contributed by atoms with Crippen molar-refractivity contribution in [2.24, 2.45) is 0 Å². The van der Waals surface area contributed by atoms with Gasteiger partial charge in [-0.25, -0.2) is 4.98 Å². The van der Waals surface area contributed by atoms with Gasteiger partial charge in [0.2, 0.25) is 0 Å². The number of carbonyl (C=O) groups is 1. The van der Waals surface area contributed by atoms with E-state index in [9.17, 15) is 4.79 Å². The molecular weight excluding hydrogens is 254 g/mol. The van der Waals surface area contributed by atoms with Crippen LogP contribution in [-0.4, -0.2) is 21.1 Å². The van der Waals surface area contributed by atoms with E-state index in [0.29, 0.717) is 30.4 Å². The van der Waals surface area contributed by atoms with E-state index >= 15 is 0 Å². The second-order valence-electron chi connectivity index (χ2n) is 5.05. The van der Waals surface area contributed by atoms with Gasteiger partial charge in [-0.2, -0.15) is 5.10 Å². The van der Waals surface area contributed by atoms with Gasteiger partial charge in [-0.15, -0.1) is 0 Å². The maximum atomic E-state index is 10.5. The van der Waals surface area contributed by atoms with Crippen molar-refractivity contribution in [1.82, 2.24) is 14.8 Å². The van der Waals surface area contributed by atoms with Gasteiger partial charge in [0.15, 0.2) is 6.29 Å². The summed E-state index contributed by atoms with van der Waals surface area (Å²) in [5.41, 5.74) is 1.32. The first kappa shape index (κ1) is 12.8. The topological polar surface area (TPSA) is 57.0 Å². The molecule has 5 nitrogen and oxygen atoms in total. The summed E-state index contributed by atoms with van der Waals surface area (Å²) >= 11 is 0. The molecule has 0 aromatic carbocycles. The second kappa shape index (κ2) is 5.86. The molecule has 0 amide bonds. The maximum Gasteiger partial charge on any atom is 0.168 e. The summed E-state index contributed by atoms with van der Waals surface area (Å²) in [4.78, 5) is 14.5. The summed E-state index contributed by atoms with van der Waals surface area (Å²) < 4.78 is 7.67. The lowest BCUT2D eigenvalue weighted by atomic mass is 10.3. The summed E-state index contributed by atoms with van der Waals surface area (Å²) in [5, 5.41) is 4.56. The highest BCUT2D eigenvalue weighted by molar-refractivity contribution is 5.71. The van der Waals surface area contributed by atoms with Crippen LogP contribution < -0.4 is 4.74 Å². The number of hydrogen-bond donors (Lipinski definition) is 0. The minimum atomic E-state index is 0.405. The number of aromatic nitrogens is 3. The van der Waals surface area contributed by atoms with Crippen molar-refractivity contribution >= 4 is 6.29 Å². The molecule has 0 atom stereocenters. The standard InChI is InChI=1S/C15H17N3O2/c19-10-12-5-6-15(9-16-12)20-11-13-7-8-18(17-13)14-3-1-2-4-14/h5-10,14H,1-4,11H2. The highest BCUT2D eigenvalue weighted by Gasteiger charge is 2.17. The van der Waals surface area contributed by atoms with Crippen LogP contribution in [0.3, 0.4) is 0 Å². The van der Waals surface area contributed by atoms with Crippen molar-refractivity contribution in [2.45, 2.75) is 38.3 Å². The highest BCUT2D eigenvalue weighted by Crippen LogP contribution is 2.28. The van der Waals surface area contributed by atoms with E-state index in [4.69, 9.17) is 4.74 Å². The lowest BCUT2D eigenvalue weighted by Gasteiger charge is -2.09. The molecule has 0 saturated heterocycles. The molecule has 3 rings (SSSR count). The summed E-state index contributed by atoms with van der Waals surface area (Å²) in [6.07, 6.45) is 9.33. The SMILES string of the molecule is O=Cc1ccc(OCc2ccn(C3CCCC3)n2)cn1. The Morgan fingerprint density at radius 2 is 2.15 bits per heavy atom. The molecule has 0 bridgehead atoms. The van der Waals surface area contributed by atoms with Crippen LogP contribution in [0.4, 0.5) is 0 Å². The highest BCUT2D eigenvalue weighted by atomic mass is 16.5. The number of pyridine rings is 1. The second-order valence-corrected chi connectivity index (χ2v) is 5.05. The van der Waals surface area contributed by atoms with Gasteiger partial charge in [0.25, 0.3) is 0 Å². The summed E-state index contributed by atoms with van der Waals surface area (Å²) in [6.45, 7) is 0.418. The number of aldehydes is 1. The van der Waals surface area contributed by atoms with Crippen molar-refractivity contribution < 1.29 is 9.53 Å². The van der Waals surface area contributed by atoms with E-state index in [-0.39, 0.29) is 0 Å². The number of rotatable bonds is 5. The van der Waals surface area contributed by atoms with Gasteiger partial charge >= 0.3 is 0 Å². The average molecular weight is 271 g/mol. The Kier molecular flexibility index (Phi) is 3.76. The van der Waals surface area contributed by atoms with Gasteiger partial charge in [-0.3, -0.25) is 9.48 Å². The first-order valence-electron chi connectivity index (χ1n) is 6.93. The van der Waals surface area contributed by atoms with Crippen LogP contribution in [0.15, 0.2) is 30.6 Å². The van der Waals surface area contributed by atoms with E-state index < -0.39 is 0 Å². The summed E-state index contributed by atoms with van der Waals surface area (Å²) in [6, 6.07) is 5.92. The van der Waals surface area contributed by atoms with Crippen molar-refractivity contribution in [1.29, 1.82) is 0 Å². The zero-order chi connectivity index (χ0) is 13.8. The Hall–Kier alpha value is -2.17. The van der Waals surface area contributed by atoms with Crippen LogP contribution in [-0.2, 0) is 6.61 Å². The number of carbonyl (C=O) groups excluding carboxylic acids is 1. The predicted octanol–water partition coefficient (Wildman–Crippen LogP) is 2.78. The molecule has 1 saturated carbocycles. The number of ether oxygens (including phenoxy) is 1. The largest absolute Gasteiger partial charge is 0.486 e. The van der Waals surface area contributed by atoms with Crippen LogP contribution in [0.1, 0.15) is 47.9 Å². The molecule has 2 heterocycles. The smallest absolute Gasteiger partial charge is 0.168 e. The van der Waals surface area contributed by atoms with Gasteiger partial charge in [0.05, 0.1) is 17.9 Å². The van der Waals surface area contributed by atoms with Crippen LogP contribution in [0.2, 0.25) is 0 Å². The van der Waals surface area contributed by atoms with E-state index in [1.54, 1.807) is 18.3 Å². The first-order chi connectivity index (χ1) is 9.85. The molecule has 2 aromatic rings. The van der Waals surface area contributed by atoms with Crippen molar-refractivity contribution in [3.8, 4) is 5.75 Å². The van der Waals surface area contributed by atoms with Crippen LogP contribution in [0.25, 0.3) is 0 Å². The third kappa shape index (κ3) is 2.87. The lowest BCUT2D eigenvalue weighted by Crippen LogP contribution is -2.06. The summed E-state index contributed by atoms with van der Waals surface area (Å²) in [5.74, 6) is 0.644. The van der Waals surface area contributed by atoms with E-state index in [0.717, 1.165) is 5.69 Å². The molecule has 0 spiro atoms. The fraction of sp³-hybridized carbons (Fsp3) is 0.400. The van der Waals surface area contributed by atoms with Crippen molar-refractivity contribution in [2.75, 3.05) is 0 Å². The maximum absolute atomic E-state index is 10.5. The molecule has 0 radical (unpaired) electrons. The minimum Gasteiger partial charge on any atom is -0.486 e. The third-order valence-electron chi connectivity index (χ3n) is 3.63. The molecule has 0 aliphatic heterocycles.